The summed E-state index contributed by atoms with van der Waals surface area (Å²) < 4.78 is 0. The van der Waals surface area contributed by atoms with Gasteiger partial charge < -0.3 is 10.8 Å². The van der Waals surface area contributed by atoms with Gasteiger partial charge in [-0.3, -0.25) is 14.5 Å². The average Bonchev–Trinajstić information content (AvgIpc) is 2.84. The molecule has 1 saturated carbocycles. The zero-order valence-corrected chi connectivity index (χ0v) is 8.27. The molecule has 1 aliphatic carbocycles. The van der Waals surface area contributed by atoms with E-state index < -0.39 is 17.9 Å². The predicted octanol–water partition coefficient (Wildman–Crippen LogP) is -0.201. The summed E-state index contributed by atoms with van der Waals surface area (Å²) in [5, 5.41) is 8.69. The van der Waals surface area contributed by atoms with Crippen molar-refractivity contribution in [3.8, 4) is 0 Å². The molecule has 1 fully saturated rings. The Bertz CT molecular complexity index is 238. The Kier molecular flexibility index (Phi) is 3.46. The summed E-state index contributed by atoms with van der Waals surface area (Å²) in [6.07, 6.45) is 2.51. The van der Waals surface area contributed by atoms with E-state index in [1.807, 2.05) is 6.92 Å². The first kappa shape index (κ1) is 11.0. The molecule has 80 valence electrons. The number of carboxylic acids is 1. The van der Waals surface area contributed by atoms with Crippen LogP contribution < -0.4 is 5.73 Å². The highest BCUT2D eigenvalue weighted by Gasteiger charge is 2.36. The maximum atomic E-state index is 11.1. The van der Waals surface area contributed by atoms with E-state index in [1.54, 1.807) is 4.90 Å². The number of amides is 1. The minimum atomic E-state index is -0.906. The van der Waals surface area contributed by atoms with Crippen molar-refractivity contribution < 1.29 is 14.7 Å². The van der Waals surface area contributed by atoms with Crippen LogP contribution in [0, 0.1) is 0 Å². The first-order valence-corrected chi connectivity index (χ1v) is 4.83. The molecule has 0 bridgehead atoms. The third-order valence-electron chi connectivity index (χ3n) is 2.45. The summed E-state index contributed by atoms with van der Waals surface area (Å²) in [4.78, 5) is 23.4. The zero-order valence-electron chi connectivity index (χ0n) is 8.27. The molecular weight excluding hydrogens is 184 g/mol. The van der Waals surface area contributed by atoms with Crippen LogP contribution in [-0.4, -0.2) is 40.5 Å². The number of aliphatic carboxylic acids is 1. The van der Waals surface area contributed by atoms with Gasteiger partial charge in [-0.25, -0.2) is 0 Å². The van der Waals surface area contributed by atoms with E-state index in [2.05, 4.69) is 0 Å². The normalized spacial score (nSPS) is 18.1. The molecule has 5 heteroatoms. The van der Waals surface area contributed by atoms with E-state index in [9.17, 15) is 9.59 Å². The zero-order chi connectivity index (χ0) is 10.7. The van der Waals surface area contributed by atoms with Crippen molar-refractivity contribution in [2.75, 3.05) is 6.54 Å². The number of carbonyl (C=O) groups is 2. The van der Waals surface area contributed by atoms with Crippen LogP contribution in [0.3, 0.4) is 0 Å². The van der Waals surface area contributed by atoms with Crippen LogP contribution in [0.1, 0.15) is 26.2 Å². The van der Waals surface area contributed by atoms with E-state index in [-0.39, 0.29) is 12.6 Å². The highest BCUT2D eigenvalue weighted by molar-refractivity contribution is 5.80. The summed E-state index contributed by atoms with van der Waals surface area (Å²) in [7, 11) is 0. The number of rotatable bonds is 6. The van der Waals surface area contributed by atoms with Crippen LogP contribution >= 0.6 is 0 Å². The van der Waals surface area contributed by atoms with Gasteiger partial charge in [-0.2, -0.15) is 0 Å². The molecule has 0 saturated heterocycles. The lowest BCUT2D eigenvalue weighted by molar-refractivity contribution is -0.140. The fourth-order valence-corrected chi connectivity index (χ4v) is 1.66. The summed E-state index contributed by atoms with van der Waals surface area (Å²) in [6.45, 7) is 1.75. The van der Waals surface area contributed by atoms with Crippen molar-refractivity contribution in [2.24, 2.45) is 5.73 Å². The number of carbonyl (C=O) groups excluding carboxylic acids is 1. The summed E-state index contributed by atoms with van der Waals surface area (Å²) in [5.74, 6) is -1.34. The second-order valence-electron chi connectivity index (χ2n) is 3.62. The van der Waals surface area contributed by atoms with E-state index in [0.29, 0.717) is 6.42 Å². The number of hydrogen-bond donors (Lipinski definition) is 2. The van der Waals surface area contributed by atoms with Crippen molar-refractivity contribution in [3.63, 3.8) is 0 Å². The van der Waals surface area contributed by atoms with Crippen molar-refractivity contribution in [1.82, 2.24) is 4.90 Å². The molecule has 0 aliphatic heterocycles. The molecule has 3 N–H and O–H groups in total. The molecule has 1 aliphatic rings. The fraction of sp³-hybridized carbons (Fsp3) is 0.778. The van der Waals surface area contributed by atoms with Crippen molar-refractivity contribution >= 4 is 11.9 Å². The van der Waals surface area contributed by atoms with Crippen LogP contribution in [-0.2, 0) is 9.59 Å². The van der Waals surface area contributed by atoms with Gasteiger partial charge in [-0.05, 0) is 19.3 Å². The van der Waals surface area contributed by atoms with E-state index in [4.69, 9.17) is 10.8 Å². The van der Waals surface area contributed by atoms with Crippen molar-refractivity contribution in [1.29, 1.82) is 0 Å². The topological polar surface area (TPSA) is 83.6 Å². The highest BCUT2D eigenvalue weighted by atomic mass is 16.4. The molecule has 0 spiro atoms. The number of nitrogens with zero attached hydrogens (tertiary/aromatic N) is 1. The number of primary amides is 1. The van der Waals surface area contributed by atoms with Gasteiger partial charge in [0.15, 0.2) is 0 Å². The lowest BCUT2D eigenvalue weighted by atomic mass is 10.1. The third kappa shape index (κ3) is 2.70. The Morgan fingerprint density at radius 1 is 1.57 bits per heavy atom. The Morgan fingerprint density at radius 2 is 2.14 bits per heavy atom. The first-order valence-electron chi connectivity index (χ1n) is 4.83. The number of carboxylic acid groups (broad SMARTS) is 1. The molecule has 1 unspecified atom stereocenters. The number of nitrogens with two attached hydrogens (primary N) is 1. The van der Waals surface area contributed by atoms with Gasteiger partial charge in [0.05, 0.1) is 12.6 Å². The van der Waals surface area contributed by atoms with Crippen molar-refractivity contribution in [3.05, 3.63) is 0 Å². The number of hydrogen-bond acceptors (Lipinski definition) is 3. The van der Waals surface area contributed by atoms with Crippen molar-refractivity contribution in [2.45, 2.75) is 38.3 Å². The monoisotopic (exact) mass is 200 g/mol. The van der Waals surface area contributed by atoms with E-state index in [0.717, 1.165) is 12.8 Å². The van der Waals surface area contributed by atoms with Crippen LogP contribution in [0.5, 0.6) is 0 Å². The molecule has 1 rings (SSSR count). The minimum absolute atomic E-state index is 0.0912. The van der Waals surface area contributed by atoms with Gasteiger partial charge in [-0.1, -0.05) is 6.92 Å². The highest BCUT2D eigenvalue weighted by Crippen LogP contribution is 2.29. The smallest absolute Gasteiger partial charge is 0.317 e. The van der Waals surface area contributed by atoms with Crippen LogP contribution in [0.4, 0.5) is 0 Å². The predicted molar refractivity (Wildman–Crippen MR) is 50.6 cm³/mol. The second kappa shape index (κ2) is 4.41. The lowest BCUT2D eigenvalue weighted by Gasteiger charge is -2.26. The largest absolute Gasteiger partial charge is 0.480 e. The molecule has 1 atom stereocenters. The quantitative estimate of drug-likeness (QED) is 0.622. The molecular formula is C9H16N2O3. The Hall–Kier alpha value is -1.10. The van der Waals surface area contributed by atoms with Crippen LogP contribution in [0.2, 0.25) is 0 Å². The lowest BCUT2D eigenvalue weighted by Crippen LogP contribution is -2.47. The Balaban J connectivity index is 2.63. The summed E-state index contributed by atoms with van der Waals surface area (Å²) >= 11 is 0. The van der Waals surface area contributed by atoms with Gasteiger partial charge in [-0.15, -0.1) is 0 Å². The van der Waals surface area contributed by atoms with Gasteiger partial charge >= 0.3 is 5.97 Å². The minimum Gasteiger partial charge on any atom is -0.480 e. The summed E-state index contributed by atoms with van der Waals surface area (Å²) in [6, 6.07) is -0.192. The SMILES string of the molecule is CCC(C(N)=O)N(CC(=O)O)C1CC1. The van der Waals surface area contributed by atoms with E-state index >= 15 is 0 Å². The van der Waals surface area contributed by atoms with Crippen LogP contribution in [0.15, 0.2) is 0 Å². The molecule has 14 heavy (non-hydrogen) atoms. The van der Waals surface area contributed by atoms with E-state index in [1.165, 1.54) is 0 Å². The molecule has 0 radical (unpaired) electrons. The maximum absolute atomic E-state index is 11.1. The average molecular weight is 200 g/mol. The van der Waals surface area contributed by atoms with Gasteiger partial charge in [0.1, 0.15) is 0 Å². The third-order valence-corrected chi connectivity index (χ3v) is 2.45. The maximum Gasteiger partial charge on any atom is 0.317 e. The Morgan fingerprint density at radius 3 is 2.43 bits per heavy atom. The van der Waals surface area contributed by atoms with Gasteiger partial charge in [0, 0.05) is 6.04 Å². The molecule has 5 nitrogen and oxygen atoms in total. The van der Waals surface area contributed by atoms with Gasteiger partial charge in [0.25, 0.3) is 0 Å². The van der Waals surface area contributed by atoms with Gasteiger partial charge in [0.2, 0.25) is 5.91 Å². The molecule has 0 aromatic rings. The van der Waals surface area contributed by atoms with Crippen LogP contribution in [0.25, 0.3) is 0 Å². The molecule has 0 heterocycles. The fourth-order valence-electron chi connectivity index (χ4n) is 1.66. The standard InChI is InChI=1S/C9H16N2O3/c1-2-7(9(10)14)11(5-8(12)13)6-3-4-6/h6-7H,2-5H2,1H3,(H2,10,14)(H,12,13). The molecule has 0 aromatic carbocycles. The molecule has 0 aromatic heterocycles. The Labute approximate surface area is 82.9 Å². The first-order chi connectivity index (χ1) is 6.56. The second-order valence-corrected chi connectivity index (χ2v) is 3.62. The summed E-state index contributed by atoms with van der Waals surface area (Å²) in [5.41, 5.74) is 5.22. The molecule has 1 amide bonds.